The summed E-state index contributed by atoms with van der Waals surface area (Å²) in [6, 6.07) is 16.4. The molecule has 1 amide bonds. The molecule has 0 bridgehead atoms. The number of amides is 1. The number of rotatable bonds is 9. The first-order valence-corrected chi connectivity index (χ1v) is 10.0. The molecular weight excluding hydrogens is 384 g/mol. The third-order valence-corrected chi connectivity index (χ3v) is 5.21. The van der Waals surface area contributed by atoms with Crippen LogP contribution in [0.25, 0.3) is 0 Å². The van der Waals surface area contributed by atoms with Crippen molar-refractivity contribution in [2.45, 2.75) is 24.9 Å². The van der Waals surface area contributed by atoms with Crippen molar-refractivity contribution in [3.05, 3.63) is 65.7 Å². The minimum atomic E-state index is -0.778. The summed E-state index contributed by atoms with van der Waals surface area (Å²) in [7, 11) is 1.35. The molecule has 0 radical (unpaired) electrons. The monoisotopic (exact) mass is 412 g/mol. The van der Waals surface area contributed by atoms with Gasteiger partial charge in [-0.1, -0.05) is 30.3 Å². The van der Waals surface area contributed by atoms with Crippen molar-refractivity contribution in [3.63, 3.8) is 0 Å². The fourth-order valence-corrected chi connectivity index (χ4v) is 3.38. The van der Waals surface area contributed by atoms with Gasteiger partial charge in [-0.05, 0) is 36.8 Å². The average molecular weight is 412 g/mol. The lowest BCUT2D eigenvalue weighted by Gasteiger charge is -2.29. The maximum Gasteiger partial charge on any atom is 0.337 e. The summed E-state index contributed by atoms with van der Waals surface area (Å²) in [5.41, 5.74) is 0.596. The molecule has 7 heteroatoms. The lowest BCUT2D eigenvalue weighted by molar-refractivity contribution is -0.128. The number of nitrogens with one attached hydrogen (secondary N) is 2. The lowest BCUT2D eigenvalue weighted by atomic mass is 9.96. The number of ether oxygens (including phenoxy) is 3. The molecule has 1 fully saturated rings. The Hall–Kier alpha value is -2.90. The molecule has 1 aliphatic rings. The molecule has 1 saturated heterocycles. The highest BCUT2D eigenvalue weighted by Gasteiger charge is 2.42. The minimum absolute atomic E-state index is 0.107. The summed E-state index contributed by atoms with van der Waals surface area (Å²) >= 11 is 0. The Morgan fingerprint density at radius 3 is 2.50 bits per heavy atom. The average Bonchev–Trinajstić information content (AvgIpc) is 3.27. The summed E-state index contributed by atoms with van der Waals surface area (Å²) < 4.78 is 15.9. The van der Waals surface area contributed by atoms with Gasteiger partial charge < -0.3 is 19.5 Å². The first-order valence-electron chi connectivity index (χ1n) is 10.0. The van der Waals surface area contributed by atoms with Gasteiger partial charge >= 0.3 is 5.97 Å². The molecule has 0 spiro atoms. The third kappa shape index (κ3) is 5.37. The van der Waals surface area contributed by atoms with E-state index in [9.17, 15) is 9.59 Å². The van der Waals surface area contributed by atoms with Crippen LogP contribution in [0.4, 0.5) is 0 Å². The van der Waals surface area contributed by atoms with E-state index in [0.29, 0.717) is 38.3 Å². The summed E-state index contributed by atoms with van der Waals surface area (Å²) in [4.78, 5) is 24.6. The number of carbonyl (C=O) groups excluding carboxylic acids is 2. The number of para-hydroxylation sites is 1. The summed E-state index contributed by atoms with van der Waals surface area (Å²) in [6.45, 7) is 3.73. The van der Waals surface area contributed by atoms with E-state index < -0.39 is 5.54 Å². The summed E-state index contributed by atoms with van der Waals surface area (Å²) in [5, 5.41) is 6.39. The second-order valence-corrected chi connectivity index (χ2v) is 7.28. The number of methoxy groups -OCH3 is 1. The fraction of sp³-hybridized carbons (Fsp3) is 0.391. The first kappa shape index (κ1) is 21.8. The number of carbonyl (C=O) groups is 2. The number of hydrogen-bond donors (Lipinski definition) is 2. The van der Waals surface area contributed by atoms with E-state index in [0.717, 1.165) is 11.3 Å². The molecule has 0 aliphatic carbocycles. The molecule has 2 aromatic rings. The molecule has 1 heterocycles. The van der Waals surface area contributed by atoms with Gasteiger partial charge in [-0.3, -0.25) is 10.1 Å². The van der Waals surface area contributed by atoms with Gasteiger partial charge in [0, 0.05) is 19.6 Å². The molecule has 2 atom stereocenters. The lowest BCUT2D eigenvalue weighted by Crippen LogP contribution is -2.58. The Balaban J connectivity index is 1.55. The maximum atomic E-state index is 13.1. The van der Waals surface area contributed by atoms with Crippen molar-refractivity contribution in [1.82, 2.24) is 10.6 Å². The van der Waals surface area contributed by atoms with Crippen LogP contribution >= 0.6 is 0 Å². The van der Waals surface area contributed by atoms with Crippen LogP contribution in [-0.4, -0.2) is 50.9 Å². The van der Waals surface area contributed by atoms with Crippen LogP contribution in [0.1, 0.15) is 35.3 Å². The molecule has 2 N–H and O–H groups in total. The Labute approximate surface area is 176 Å². The van der Waals surface area contributed by atoms with Gasteiger partial charge in [-0.2, -0.15) is 0 Å². The van der Waals surface area contributed by atoms with E-state index in [1.807, 2.05) is 49.4 Å². The van der Waals surface area contributed by atoms with Crippen LogP contribution in [0.5, 0.6) is 5.75 Å². The van der Waals surface area contributed by atoms with Crippen molar-refractivity contribution < 1.29 is 23.8 Å². The standard InChI is InChI=1S/C23H28N2O5/c1-17(18-8-10-19(11-9-18)21(26)28-2)25-22(27)23(12-14-29-16-23)24-13-15-30-20-6-4-3-5-7-20/h3-11,17,24H,12-16H2,1-2H3,(H,25,27)/t17-,23?/m0/s1. The predicted molar refractivity (Wildman–Crippen MR) is 112 cm³/mol. The van der Waals surface area contributed by atoms with Crippen molar-refractivity contribution in [2.75, 3.05) is 33.5 Å². The molecule has 160 valence electrons. The first-order chi connectivity index (χ1) is 14.5. The van der Waals surface area contributed by atoms with E-state index in [4.69, 9.17) is 14.2 Å². The van der Waals surface area contributed by atoms with Crippen LogP contribution in [-0.2, 0) is 14.3 Å². The van der Waals surface area contributed by atoms with Crippen LogP contribution in [0.15, 0.2) is 54.6 Å². The van der Waals surface area contributed by atoms with E-state index in [2.05, 4.69) is 10.6 Å². The van der Waals surface area contributed by atoms with Crippen molar-refractivity contribution in [3.8, 4) is 5.75 Å². The quantitative estimate of drug-likeness (QED) is 0.486. The Bertz CT molecular complexity index is 832. The molecule has 1 aliphatic heterocycles. The molecular formula is C23H28N2O5. The topological polar surface area (TPSA) is 85.9 Å². The fourth-order valence-electron chi connectivity index (χ4n) is 3.38. The van der Waals surface area contributed by atoms with Gasteiger partial charge in [0.1, 0.15) is 17.9 Å². The predicted octanol–water partition coefficient (Wildman–Crippen LogP) is 2.48. The van der Waals surface area contributed by atoms with Crippen molar-refractivity contribution in [1.29, 1.82) is 0 Å². The van der Waals surface area contributed by atoms with Crippen LogP contribution in [0.2, 0.25) is 0 Å². The smallest absolute Gasteiger partial charge is 0.337 e. The molecule has 2 aromatic carbocycles. The minimum Gasteiger partial charge on any atom is -0.492 e. The Morgan fingerprint density at radius 2 is 1.87 bits per heavy atom. The van der Waals surface area contributed by atoms with Crippen LogP contribution < -0.4 is 15.4 Å². The zero-order valence-corrected chi connectivity index (χ0v) is 17.4. The van der Waals surface area contributed by atoms with E-state index in [1.165, 1.54) is 7.11 Å². The highest BCUT2D eigenvalue weighted by molar-refractivity contribution is 5.89. The largest absolute Gasteiger partial charge is 0.492 e. The second-order valence-electron chi connectivity index (χ2n) is 7.28. The molecule has 0 aromatic heterocycles. The number of benzene rings is 2. The van der Waals surface area contributed by atoms with Crippen LogP contribution in [0.3, 0.4) is 0 Å². The SMILES string of the molecule is COC(=O)c1ccc([C@H](C)NC(=O)C2(NCCOc3ccccc3)CCOC2)cc1. The zero-order chi connectivity index (χ0) is 21.4. The summed E-state index contributed by atoms with van der Waals surface area (Å²) in [6.07, 6.45) is 0.595. The van der Waals surface area contributed by atoms with Gasteiger partial charge in [0.05, 0.1) is 25.3 Å². The normalized spacial score (nSPS) is 19.1. The molecule has 0 saturated carbocycles. The van der Waals surface area contributed by atoms with Gasteiger partial charge in [-0.15, -0.1) is 0 Å². The van der Waals surface area contributed by atoms with Gasteiger partial charge in [0.15, 0.2) is 0 Å². The molecule has 30 heavy (non-hydrogen) atoms. The van der Waals surface area contributed by atoms with E-state index in [-0.39, 0.29) is 17.9 Å². The Kier molecular flexibility index (Phi) is 7.43. The maximum absolute atomic E-state index is 13.1. The number of esters is 1. The molecule has 1 unspecified atom stereocenters. The van der Waals surface area contributed by atoms with Crippen LogP contribution in [0, 0.1) is 0 Å². The zero-order valence-electron chi connectivity index (χ0n) is 17.4. The van der Waals surface area contributed by atoms with E-state index in [1.54, 1.807) is 12.1 Å². The summed E-state index contributed by atoms with van der Waals surface area (Å²) in [5.74, 6) is 0.302. The third-order valence-electron chi connectivity index (χ3n) is 5.21. The van der Waals surface area contributed by atoms with Gasteiger partial charge in [0.25, 0.3) is 0 Å². The molecule has 3 rings (SSSR count). The van der Waals surface area contributed by atoms with Gasteiger partial charge in [-0.25, -0.2) is 4.79 Å². The second kappa shape index (κ2) is 10.2. The van der Waals surface area contributed by atoms with Gasteiger partial charge in [0.2, 0.25) is 5.91 Å². The molecule has 7 nitrogen and oxygen atoms in total. The Morgan fingerprint density at radius 1 is 1.13 bits per heavy atom. The highest BCUT2D eigenvalue weighted by Crippen LogP contribution is 2.22. The highest BCUT2D eigenvalue weighted by atomic mass is 16.5. The number of hydrogen-bond acceptors (Lipinski definition) is 6. The van der Waals surface area contributed by atoms with E-state index >= 15 is 0 Å². The van der Waals surface area contributed by atoms with Crippen molar-refractivity contribution >= 4 is 11.9 Å². The van der Waals surface area contributed by atoms with Crippen molar-refractivity contribution in [2.24, 2.45) is 0 Å².